The maximum absolute atomic E-state index is 4.93. The van der Waals surface area contributed by atoms with Crippen molar-refractivity contribution in [2.75, 3.05) is 0 Å². The fraction of sp³-hybridized carbons (Fsp3) is 0.619. The van der Waals surface area contributed by atoms with Crippen molar-refractivity contribution in [2.45, 2.75) is 39.5 Å². The molecule has 3 heteroatoms. The first kappa shape index (κ1) is 19.2. The Hall–Kier alpha value is 0.423. The second kappa shape index (κ2) is 8.41. The summed E-state index contributed by atoms with van der Waals surface area (Å²) >= 11 is -0.826. The van der Waals surface area contributed by atoms with Gasteiger partial charge in [0.05, 0.1) is 0 Å². The molecule has 4 unspecified atom stereocenters. The molecule has 4 aliphatic carbocycles. The van der Waals surface area contributed by atoms with Crippen LogP contribution in [0.15, 0.2) is 48.6 Å². The van der Waals surface area contributed by atoms with Gasteiger partial charge in [-0.25, -0.2) is 0 Å². The fourth-order valence-corrected chi connectivity index (χ4v) is 5.96. The molecular formula is C21H28Cl2Zr. The van der Waals surface area contributed by atoms with Crippen LogP contribution in [-0.4, -0.2) is 0 Å². The van der Waals surface area contributed by atoms with E-state index in [0.717, 1.165) is 35.5 Å². The second-order valence-electron chi connectivity index (χ2n) is 8.25. The van der Waals surface area contributed by atoms with E-state index in [2.05, 4.69) is 62.5 Å². The Labute approximate surface area is 166 Å². The van der Waals surface area contributed by atoms with E-state index in [0.29, 0.717) is 5.41 Å². The van der Waals surface area contributed by atoms with Crippen molar-refractivity contribution in [3.8, 4) is 0 Å². The van der Waals surface area contributed by atoms with Crippen molar-refractivity contribution in [1.82, 2.24) is 0 Å². The Morgan fingerprint density at radius 1 is 0.750 bits per heavy atom. The monoisotopic (exact) mass is 440 g/mol. The predicted octanol–water partition coefficient (Wildman–Crippen LogP) is 6.93. The van der Waals surface area contributed by atoms with Gasteiger partial charge in [0.15, 0.2) is 0 Å². The van der Waals surface area contributed by atoms with E-state index in [-0.39, 0.29) is 0 Å². The first-order chi connectivity index (χ1) is 11.6. The molecule has 4 atom stereocenters. The molecule has 0 aromatic heterocycles. The van der Waals surface area contributed by atoms with Crippen molar-refractivity contribution in [2.24, 2.45) is 40.9 Å². The van der Waals surface area contributed by atoms with Gasteiger partial charge in [-0.3, -0.25) is 0 Å². The fourth-order valence-electron chi connectivity index (χ4n) is 5.96. The average Bonchev–Trinajstić information content (AvgIpc) is 3.22. The molecule has 130 valence electrons. The van der Waals surface area contributed by atoms with Crippen LogP contribution in [0.25, 0.3) is 0 Å². The van der Waals surface area contributed by atoms with Crippen LogP contribution in [0.1, 0.15) is 39.5 Å². The predicted molar refractivity (Wildman–Crippen MR) is 101 cm³/mol. The van der Waals surface area contributed by atoms with E-state index >= 15 is 0 Å². The van der Waals surface area contributed by atoms with E-state index in [9.17, 15) is 0 Å². The van der Waals surface area contributed by atoms with Crippen molar-refractivity contribution < 1.29 is 20.8 Å². The number of hydrogen-bond donors (Lipinski definition) is 0. The van der Waals surface area contributed by atoms with Crippen LogP contribution in [0.2, 0.25) is 0 Å². The summed E-state index contributed by atoms with van der Waals surface area (Å²) in [4.78, 5) is 0. The van der Waals surface area contributed by atoms with E-state index in [1.807, 2.05) is 0 Å². The molecule has 0 aromatic rings. The van der Waals surface area contributed by atoms with Gasteiger partial charge in [0, 0.05) is 0 Å². The van der Waals surface area contributed by atoms with Gasteiger partial charge in [0.25, 0.3) is 0 Å². The maximum atomic E-state index is 4.93. The Kier molecular flexibility index (Phi) is 6.72. The summed E-state index contributed by atoms with van der Waals surface area (Å²) in [5, 5.41) is 0. The summed E-state index contributed by atoms with van der Waals surface area (Å²) in [6.45, 7) is 5.15. The summed E-state index contributed by atoms with van der Waals surface area (Å²) in [7, 11) is 9.87. The Balaban J connectivity index is 0.000000526. The molecule has 0 amide bonds. The zero-order valence-electron chi connectivity index (χ0n) is 14.7. The van der Waals surface area contributed by atoms with Gasteiger partial charge in [-0.2, -0.15) is 0 Å². The van der Waals surface area contributed by atoms with Crippen LogP contribution in [0.3, 0.4) is 0 Å². The molecule has 0 radical (unpaired) electrons. The van der Waals surface area contributed by atoms with Gasteiger partial charge in [-0.1, -0.05) is 75.3 Å². The summed E-state index contributed by atoms with van der Waals surface area (Å²) in [5.74, 6) is 4.68. The van der Waals surface area contributed by atoms with Crippen LogP contribution in [-0.2, 0) is 20.8 Å². The SMILES string of the molecule is CC(C)(C1CCCC1)C1C2C=CC=CC2C2C=CC=CC21.[Cl][Zr][Cl]. The third-order valence-corrected chi connectivity index (χ3v) is 6.98. The molecule has 4 aliphatic rings. The van der Waals surface area contributed by atoms with Crippen molar-refractivity contribution in [3.63, 3.8) is 0 Å². The third-order valence-electron chi connectivity index (χ3n) is 6.98. The Morgan fingerprint density at radius 2 is 1.12 bits per heavy atom. The summed E-state index contributed by atoms with van der Waals surface area (Å²) in [5.41, 5.74) is 0.462. The normalized spacial score (nSPS) is 36.9. The molecule has 24 heavy (non-hydrogen) atoms. The van der Waals surface area contributed by atoms with Crippen LogP contribution in [0.5, 0.6) is 0 Å². The minimum atomic E-state index is -0.826. The summed E-state index contributed by atoms with van der Waals surface area (Å²) in [6.07, 6.45) is 25.0. The van der Waals surface area contributed by atoms with E-state index < -0.39 is 20.8 Å². The molecule has 2 saturated carbocycles. The van der Waals surface area contributed by atoms with Gasteiger partial charge in [0.1, 0.15) is 0 Å². The molecule has 0 aromatic carbocycles. The molecule has 0 nitrogen and oxygen atoms in total. The van der Waals surface area contributed by atoms with Crippen molar-refractivity contribution >= 4 is 17.0 Å². The Bertz CT molecular complexity index is 506. The molecule has 2 fully saturated rings. The topological polar surface area (TPSA) is 0 Å². The molecule has 0 heterocycles. The molecule has 0 bridgehead atoms. The summed E-state index contributed by atoms with van der Waals surface area (Å²) in [6, 6.07) is 0. The number of fused-ring (bicyclic) bond motifs is 3. The third kappa shape index (κ3) is 3.61. The first-order valence-corrected chi connectivity index (χ1v) is 15.6. The van der Waals surface area contributed by atoms with Crippen LogP contribution in [0, 0.1) is 40.9 Å². The zero-order chi connectivity index (χ0) is 17.2. The second-order valence-corrected chi connectivity index (χ2v) is 12.0. The molecule has 4 rings (SSSR count). The quantitative estimate of drug-likeness (QED) is 0.435. The molecule has 0 saturated heterocycles. The van der Waals surface area contributed by atoms with Crippen LogP contribution < -0.4 is 0 Å². The number of hydrogen-bond acceptors (Lipinski definition) is 0. The molecule has 0 spiro atoms. The van der Waals surface area contributed by atoms with Gasteiger partial charge < -0.3 is 0 Å². The minimum absolute atomic E-state index is 0.462. The van der Waals surface area contributed by atoms with Gasteiger partial charge in [0.2, 0.25) is 0 Å². The summed E-state index contributed by atoms with van der Waals surface area (Å²) < 4.78 is 0. The van der Waals surface area contributed by atoms with Crippen molar-refractivity contribution in [3.05, 3.63) is 48.6 Å². The van der Waals surface area contributed by atoms with E-state index in [1.54, 1.807) is 0 Å². The van der Waals surface area contributed by atoms with Crippen LogP contribution in [0.4, 0.5) is 0 Å². The number of halogens is 2. The number of allylic oxidation sites excluding steroid dienone is 8. The van der Waals surface area contributed by atoms with E-state index in [4.69, 9.17) is 17.0 Å². The molecule has 0 aliphatic heterocycles. The zero-order valence-corrected chi connectivity index (χ0v) is 18.6. The van der Waals surface area contributed by atoms with Crippen molar-refractivity contribution in [1.29, 1.82) is 0 Å². The van der Waals surface area contributed by atoms with Gasteiger partial charge >= 0.3 is 37.9 Å². The first-order valence-electron chi connectivity index (χ1n) is 9.27. The van der Waals surface area contributed by atoms with Gasteiger partial charge in [-0.05, 0) is 53.8 Å². The average molecular weight is 443 g/mol. The van der Waals surface area contributed by atoms with Gasteiger partial charge in [-0.15, -0.1) is 0 Å². The standard InChI is InChI=1S/C21H28.2ClH.Zr/c1-21(2,15-9-3-4-10-15)20-18-13-7-5-11-16(18)17-12-6-8-14-19(17)20;;;/h5-8,11-20H,3-4,9-10H2,1-2H3;2*1H;/q;;;+2/p-2. The number of rotatable bonds is 2. The Morgan fingerprint density at radius 3 is 1.54 bits per heavy atom. The molecular weight excluding hydrogens is 414 g/mol. The van der Waals surface area contributed by atoms with E-state index in [1.165, 1.54) is 25.7 Å². The molecule has 0 N–H and O–H groups in total. The van der Waals surface area contributed by atoms with Crippen LogP contribution >= 0.6 is 17.0 Å².